The van der Waals surface area contributed by atoms with Crippen LogP contribution in [-0.2, 0) is 0 Å². The van der Waals surface area contributed by atoms with E-state index in [9.17, 15) is 13.2 Å². The number of alkyl halides is 3. The zero-order valence-electron chi connectivity index (χ0n) is 11.6. The van der Waals surface area contributed by atoms with Gasteiger partial charge in [0.1, 0.15) is 0 Å². The average Bonchev–Trinajstić information content (AvgIpc) is 2.65. The van der Waals surface area contributed by atoms with Gasteiger partial charge in [0.25, 0.3) is 0 Å². The van der Waals surface area contributed by atoms with Gasteiger partial charge in [-0.15, -0.1) is 0 Å². The number of rotatable bonds is 4. The standard InChI is InChI=1S/C14H17BrF3N3/c1-13(7-2-8-14(16,17)18)9-20-12(19)21(13)11-5-3-10(15)4-6-11/h3-6H,2,7-9H2,1H3,(H2,19,20). The van der Waals surface area contributed by atoms with Gasteiger partial charge in [-0.05, 0) is 44.0 Å². The minimum Gasteiger partial charge on any atom is -0.369 e. The van der Waals surface area contributed by atoms with Gasteiger partial charge < -0.3 is 10.6 Å². The summed E-state index contributed by atoms with van der Waals surface area (Å²) in [5.74, 6) is 0.354. The first-order valence-corrected chi connectivity index (χ1v) is 7.43. The molecule has 1 heterocycles. The van der Waals surface area contributed by atoms with E-state index in [1.165, 1.54) is 0 Å². The summed E-state index contributed by atoms with van der Waals surface area (Å²) >= 11 is 3.36. The zero-order chi connectivity index (χ0) is 15.7. The summed E-state index contributed by atoms with van der Waals surface area (Å²) in [6.07, 6.45) is -4.46. The molecule has 1 aromatic carbocycles. The van der Waals surface area contributed by atoms with E-state index >= 15 is 0 Å². The molecule has 0 aliphatic carbocycles. The smallest absolute Gasteiger partial charge is 0.369 e. The number of halogens is 4. The molecule has 3 nitrogen and oxygen atoms in total. The van der Waals surface area contributed by atoms with Gasteiger partial charge in [-0.25, -0.2) is 0 Å². The highest BCUT2D eigenvalue weighted by molar-refractivity contribution is 9.10. The molecule has 0 aromatic heterocycles. The van der Waals surface area contributed by atoms with Crippen LogP contribution < -0.4 is 10.6 Å². The molecular formula is C14H17BrF3N3. The Morgan fingerprint density at radius 1 is 1.33 bits per heavy atom. The Morgan fingerprint density at radius 3 is 2.52 bits per heavy atom. The Labute approximate surface area is 130 Å². The van der Waals surface area contributed by atoms with Crippen molar-refractivity contribution in [2.45, 2.75) is 37.9 Å². The van der Waals surface area contributed by atoms with Crippen LogP contribution in [0.15, 0.2) is 33.7 Å². The van der Waals surface area contributed by atoms with E-state index in [0.29, 0.717) is 18.9 Å². The summed E-state index contributed by atoms with van der Waals surface area (Å²) in [5.41, 5.74) is 6.25. The Balaban J connectivity index is 2.13. The van der Waals surface area contributed by atoms with Crippen LogP contribution in [0.1, 0.15) is 26.2 Å². The van der Waals surface area contributed by atoms with Crippen molar-refractivity contribution in [1.29, 1.82) is 0 Å². The summed E-state index contributed by atoms with van der Waals surface area (Å²) in [6, 6.07) is 7.49. The normalized spacial score (nSPS) is 22.5. The van der Waals surface area contributed by atoms with Crippen LogP contribution in [0.25, 0.3) is 0 Å². The molecule has 1 aliphatic rings. The quantitative estimate of drug-likeness (QED) is 0.875. The predicted molar refractivity (Wildman–Crippen MR) is 81.4 cm³/mol. The van der Waals surface area contributed by atoms with Gasteiger partial charge in [0.05, 0.1) is 12.1 Å². The topological polar surface area (TPSA) is 41.6 Å². The van der Waals surface area contributed by atoms with Crippen LogP contribution in [0.2, 0.25) is 0 Å². The lowest BCUT2D eigenvalue weighted by molar-refractivity contribution is -0.136. The third kappa shape index (κ3) is 3.90. The van der Waals surface area contributed by atoms with Crippen LogP contribution in [0, 0.1) is 0 Å². The number of benzene rings is 1. The molecule has 21 heavy (non-hydrogen) atoms. The molecule has 0 saturated carbocycles. The van der Waals surface area contributed by atoms with Gasteiger partial charge in [-0.1, -0.05) is 15.9 Å². The number of nitrogens with zero attached hydrogens (tertiary/aromatic N) is 2. The molecular weight excluding hydrogens is 347 g/mol. The zero-order valence-corrected chi connectivity index (χ0v) is 13.2. The van der Waals surface area contributed by atoms with E-state index in [2.05, 4.69) is 20.9 Å². The maximum atomic E-state index is 12.3. The van der Waals surface area contributed by atoms with E-state index in [0.717, 1.165) is 10.2 Å². The molecule has 0 radical (unpaired) electrons. The third-order valence-corrected chi connectivity index (χ3v) is 4.14. The lowest BCUT2D eigenvalue weighted by Crippen LogP contribution is -2.50. The number of nitrogens with two attached hydrogens (primary N) is 1. The molecule has 1 aliphatic heterocycles. The Bertz CT molecular complexity index is 527. The molecule has 7 heteroatoms. The molecule has 1 unspecified atom stereocenters. The van der Waals surface area contributed by atoms with Crippen molar-refractivity contribution in [3.8, 4) is 0 Å². The summed E-state index contributed by atoms with van der Waals surface area (Å²) in [6.45, 7) is 2.31. The summed E-state index contributed by atoms with van der Waals surface area (Å²) in [7, 11) is 0. The minimum atomic E-state index is -4.12. The lowest BCUT2D eigenvalue weighted by Gasteiger charge is -2.36. The second-order valence-electron chi connectivity index (χ2n) is 5.45. The maximum absolute atomic E-state index is 12.3. The number of hydrogen-bond donors (Lipinski definition) is 1. The number of anilines is 1. The third-order valence-electron chi connectivity index (χ3n) is 3.61. The SMILES string of the molecule is CC1(CCCC(F)(F)F)CN=C(N)N1c1ccc(Br)cc1. The van der Waals surface area contributed by atoms with Crippen LogP contribution >= 0.6 is 15.9 Å². The average molecular weight is 364 g/mol. The number of hydrogen-bond acceptors (Lipinski definition) is 3. The minimum absolute atomic E-state index is 0.0653. The second kappa shape index (κ2) is 5.87. The molecule has 0 fully saturated rings. The molecule has 0 saturated heterocycles. The van der Waals surface area contributed by atoms with E-state index in [1.54, 1.807) is 0 Å². The van der Waals surface area contributed by atoms with Gasteiger partial charge in [0.2, 0.25) is 0 Å². The number of aliphatic imine (C=N–C) groups is 1. The fourth-order valence-electron chi connectivity index (χ4n) is 2.56. The highest BCUT2D eigenvalue weighted by atomic mass is 79.9. The molecule has 0 bridgehead atoms. The first-order chi connectivity index (χ1) is 9.71. The van der Waals surface area contributed by atoms with Crippen molar-refractivity contribution in [2.24, 2.45) is 10.7 Å². The fourth-order valence-corrected chi connectivity index (χ4v) is 2.83. The Hall–Kier alpha value is -1.24. The molecule has 1 aromatic rings. The monoisotopic (exact) mass is 363 g/mol. The first kappa shape index (κ1) is 16.1. The summed E-state index contributed by atoms with van der Waals surface area (Å²) in [5, 5.41) is 0. The van der Waals surface area contributed by atoms with Crippen molar-refractivity contribution in [2.75, 3.05) is 11.4 Å². The van der Waals surface area contributed by atoms with Crippen molar-refractivity contribution in [1.82, 2.24) is 0 Å². The van der Waals surface area contributed by atoms with Crippen LogP contribution in [-0.4, -0.2) is 24.2 Å². The Kier molecular flexibility index (Phi) is 4.51. The van der Waals surface area contributed by atoms with E-state index in [-0.39, 0.29) is 6.42 Å². The van der Waals surface area contributed by atoms with Gasteiger partial charge in [-0.3, -0.25) is 4.99 Å². The number of guanidine groups is 1. The van der Waals surface area contributed by atoms with Gasteiger partial charge in [-0.2, -0.15) is 13.2 Å². The molecule has 2 N–H and O–H groups in total. The maximum Gasteiger partial charge on any atom is 0.389 e. The molecule has 0 spiro atoms. The van der Waals surface area contributed by atoms with Gasteiger partial charge >= 0.3 is 6.18 Å². The first-order valence-electron chi connectivity index (χ1n) is 6.64. The molecule has 116 valence electrons. The highest BCUT2D eigenvalue weighted by Gasteiger charge is 2.39. The van der Waals surface area contributed by atoms with Crippen molar-refractivity contribution in [3.63, 3.8) is 0 Å². The molecule has 0 amide bonds. The Morgan fingerprint density at radius 2 is 1.95 bits per heavy atom. The lowest BCUT2D eigenvalue weighted by atomic mass is 9.93. The van der Waals surface area contributed by atoms with Crippen LogP contribution in [0.5, 0.6) is 0 Å². The van der Waals surface area contributed by atoms with Gasteiger partial charge in [0.15, 0.2) is 5.96 Å². The second-order valence-corrected chi connectivity index (χ2v) is 6.37. The van der Waals surface area contributed by atoms with Crippen molar-refractivity contribution in [3.05, 3.63) is 28.7 Å². The highest BCUT2D eigenvalue weighted by Crippen LogP contribution is 2.34. The predicted octanol–water partition coefficient (Wildman–Crippen LogP) is 4.08. The largest absolute Gasteiger partial charge is 0.389 e. The van der Waals surface area contributed by atoms with Crippen LogP contribution in [0.4, 0.5) is 18.9 Å². The van der Waals surface area contributed by atoms with E-state index < -0.39 is 18.1 Å². The summed E-state index contributed by atoms with van der Waals surface area (Å²) < 4.78 is 37.9. The molecule has 1 atom stereocenters. The van der Waals surface area contributed by atoms with Gasteiger partial charge in [0, 0.05) is 16.6 Å². The molecule has 2 rings (SSSR count). The van der Waals surface area contributed by atoms with E-state index in [4.69, 9.17) is 5.73 Å². The fraction of sp³-hybridized carbons (Fsp3) is 0.500. The van der Waals surface area contributed by atoms with E-state index in [1.807, 2.05) is 36.1 Å². The van der Waals surface area contributed by atoms with Crippen molar-refractivity contribution < 1.29 is 13.2 Å². The van der Waals surface area contributed by atoms with Crippen molar-refractivity contribution >= 4 is 27.6 Å². The van der Waals surface area contributed by atoms with Crippen LogP contribution in [0.3, 0.4) is 0 Å². The summed E-state index contributed by atoms with van der Waals surface area (Å²) in [4.78, 5) is 6.04.